The number of aromatic nitrogens is 2. The highest BCUT2D eigenvalue weighted by Crippen LogP contribution is 2.04. The summed E-state index contributed by atoms with van der Waals surface area (Å²) in [6.07, 6.45) is 2.68. The van der Waals surface area contributed by atoms with Gasteiger partial charge in [0.05, 0.1) is 12.3 Å². The van der Waals surface area contributed by atoms with Gasteiger partial charge in [-0.15, -0.1) is 0 Å². The van der Waals surface area contributed by atoms with Crippen molar-refractivity contribution < 1.29 is 9.90 Å². The minimum Gasteiger partial charge on any atom is -0.393 e. The summed E-state index contributed by atoms with van der Waals surface area (Å²) in [5, 5.41) is 12.0. The summed E-state index contributed by atoms with van der Waals surface area (Å²) in [6.45, 7) is 6.29. The van der Waals surface area contributed by atoms with Gasteiger partial charge < -0.3 is 15.4 Å². The zero-order chi connectivity index (χ0) is 12.8. The smallest absolute Gasteiger partial charge is 0.269 e. The zero-order valence-electron chi connectivity index (χ0n) is 10.7. The van der Waals surface area contributed by atoms with E-state index in [0.29, 0.717) is 18.7 Å². The fourth-order valence-corrected chi connectivity index (χ4v) is 1.69. The van der Waals surface area contributed by atoms with Crippen molar-refractivity contribution in [3.63, 3.8) is 0 Å². The van der Waals surface area contributed by atoms with Crippen LogP contribution in [0.2, 0.25) is 0 Å². The second-order valence-electron chi connectivity index (χ2n) is 4.50. The van der Waals surface area contributed by atoms with E-state index in [1.54, 1.807) is 13.1 Å². The van der Waals surface area contributed by atoms with E-state index in [9.17, 15) is 9.90 Å². The van der Waals surface area contributed by atoms with E-state index in [1.807, 2.05) is 13.8 Å². The monoisotopic (exact) mass is 239 g/mol. The summed E-state index contributed by atoms with van der Waals surface area (Å²) in [6, 6.07) is 0. The molecule has 3 N–H and O–H groups in total. The third kappa shape index (κ3) is 4.56. The number of aryl methyl sites for hydroxylation is 1. The summed E-state index contributed by atoms with van der Waals surface area (Å²) >= 11 is 0. The van der Waals surface area contributed by atoms with Gasteiger partial charge in [-0.2, -0.15) is 0 Å². The van der Waals surface area contributed by atoms with Crippen LogP contribution >= 0.6 is 0 Å². The van der Waals surface area contributed by atoms with Crippen molar-refractivity contribution in [1.82, 2.24) is 15.3 Å². The largest absolute Gasteiger partial charge is 0.393 e. The van der Waals surface area contributed by atoms with Crippen molar-refractivity contribution in [2.75, 3.05) is 6.54 Å². The van der Waals surface area contributed by atoms with Gasteiger partial charge in [0.25, 0.3) is 5.91 Å². The molecule has 1 aromatic rings. The van der Waals surface area contributed by atoms with Crippen LogP contribution in [0.15, 0.2) is 6.20 Å². The van der Waals surface area contributed by atoms with Crippen molar-refractivity contribution in [1.29, 1.82) is 0 Å². The number of nitrogens with one attached hydrogen (secondary N) is 2. The number of aliphatic hydroxyl groups is 1. The number of carbonyl (C=O) groups excluding carboxylic acids is 1. The lowest BCUT2D eigenvalue weighted by Gasteiger charge is -2.13. The zero-order valence-corrected chi connectivity index (χ0v) is 10.7. The molecule has 0 aliphatic heterocycles. The number of H-pyrrole nitrogens is 1. The molecule has 0 aliphatic rings. The molecule has 0 aromatic carbocycles. The highest BCUT2D eigenvalue weighted by molar-refractivity contribution is 5.92. The average molecular weight is 239 g/mol. The van der Waals surface area contributed by atoms with Gasteiger partial charge in [0.15, 0.2) is 0 Å². The summed E-state index contributed by atoms with van der Waals surface area (Å²) in [4.78, 5) is 18.7. The number of hydrogen-bond acceptors (Lipinski definition) is 3. The lowest BCUT2D eigenvalue weighted by atomic mass is 10.0. The molecule has 0 saturated carbocycles. The molecule has 5 nitrogen and oxygen atoms in total. The fraction of sp³-hybridized carbons (Fsp3) is 0.667. The van der Waals surface area contributed by atoms with Crippen LogP contribution in [0.1, 0.15) is 43.5 Å². The van der Waals surface area contributed by atoms with Crippen molar-refractivity contribution in [2.45, 2.75) is 39.7 Å². The Kier molecular flexibility index (Phi) is 5.15. The first-order valence-electron chi connectivity index (χ1n) is 6.03. The Labute approximate surface area is 102 Å². The van der Waals surface area contributed by atoms with Crippen molar-refractivity contribution in [2.24, 2.45) is 5.92 Å². The first kappa shape index (κ1) is 13.7. The molecule has 17 heavy (non-hydrogen) atoms. The SMILES string of the molecule is CCc1ncc(C(=O)NCC(C)CC(C)O)[nH]1. The normalized spacial score (nSPS) is 14.4. The van der Waals surface area contributed by atoms with Crippen molar-refractivity contribution in [3.05, 3.63) is 17.7 Å². The Morgan fingerprint density at radius 1 is 1.59 bits per heavy atom. The van der Waals surface area contributed by atoms with Crippen LogP contribution in [0.3, 0.4) is 0 Å². The minimum absolute atomic E-state index is 0.144. The van der Waals surface area contributed by atoms with Gasteiger partial charge in [0.1, 0.15) is 11.5 Å². The second-order valence-corrected chi connectivity index (χ2v) is 4.50. The maximum atomic E-state index is 11.7. The van der Waals surface area contributed by atoms with E-state index >= 15 is 0 Å². The van der Waals surface area contributed by atoms with Crippen LogP contribution in [0, 0.1) is 5.92 Å². The molecule has 0 aliphatic carbocycles. The molecule has 1 rings (SSSR count). The average Bonchev–Trinajstić information content (AvgIpc) is 2.73. The van der Waals surface area contributed by atoms with Gasteiger partial charge in [0.2, 0.25) is 0 Å². The van der Waals surface area contributed by atoms with Gasteiger partial charge >= 0.3 is 0 Å². The van der Waals surface area contributed by atoms with Crippen LogP contribution in [-0.4, -0.2) is 33.6 Å². The maximum Gasteiger partial charge on any atom is 0.269 e. The molecule has 1 aromatic heterocycles. The molecule has 0 bridgehead atoms. The maximum absolute atomic E-state index is 11.7. The number of rotatable bonds is 6. The minimum atomic E-state index is -0.333. The first-order chi connectivity index (χ1) is 8.02. The van der Waals surface area contributed by atoms with Crippen LogP contribution in [0.5, 0.6) is 0 Å². The lowest BCUT2D eigenvalue weighted by molar-refractivity contribution is 0.0935. The fourth-order valence-electron chi connectivity index (χ4n) is 1.69. The summed E-state index contributed by atoms with van der Waals surface area (Å²) in [7, 11) is 0. The first-order valence-corrected chi connectivity index (χ1v) is 6.03. The number of aliphatic hydroxyl groups excluding tert-OH is 1. The van der Waals surface area contributed by atoms with E-state index < -0.39 is 0 Å². The number of aromatic amines is 1. The molecule has 0 fully saturated rings. The second kappa shape index (κ2) is 6.39. The van der Waals surface area contributed by atoms with Crippen LogP contribution in [0.25, 0.3) is 0 Å². The van der Waals surface area contributed by atoms with Crippen molar-refractivity contribution >= 4 is 5.91 Å². The predicted molar refractivity (Wildman–Crippen MR) is 65.8 cm³/mol. The lowest BCUT2D eigenvalue weighted by Crippen LogP contribution is -2.29. The van der Waals surface area contributed by atoms with Gasteiger partial charge in [0, 0.05) is 13.0 Å². The number of carbonyl (C=O) groups is 1. The number of amides is 1. The van der Waals surface area contributed by atoms with E-state index in [4.69, 9.17) is 0 Å². The molecule has 0 radical (unpaired) electrons. The van der Waals surface area contributed by atoms with Gasteiger partial charge in [-0.05, 0) is 19.3 Å². The molecule has 1 heterocycles. The highest BCUT2D eigenvalue weighted by Gasteiger charge is 2.11. The predicted octanol–water partition coefficient (Wildman–Crippen LogP) is 1.11. The quantitative estimate of drug-likeness (QED) is 0.696. The summed E-state index contributed by atoms with van der Waals surface area (Å²) < 4.78 is 0. The number of nitrogens with zero attached hydrogens (tertiary/aromatic N) is 1. The standard InChI is InChI=1S/C12H21N3O2/c1-4-11-13-7-10(15-11)12(17)14-6-8(2)5-9(3)16/h7-9,16H,4-6H2,1-3H3,(H,13,15)(H,14,17). The molecule has 1 amide bonds. The topological polar surface area (TPSA) is 78.0 Å². The van der Waals surface area contributed by atoms with Crippen molar-refractivity contribution in [3.8, 4) is 0 Å². The molecule has 0 spiro atoms. The third-order valence-electron chi connectivity index (χ3n) is 2.56. The Hall–Kier alpha value is -1.36. The Morgan fingerprint density at radius 2 is 2.29 bits per heavy atom. The van der Waals surface area contributed by atoms with Crippen LogP contribution in [0.4, 0.5) is 0 Å². The summed E-state index contributed by atoms with van der Waals surface area (Å²) in [5.41, 5.74) is 0.492. The van der Waals surface area contributed by atoms with Gasteiger partial charge in [-0.1, -0.05) is 13.8 Å². The Balaban J connectivity index is 2.39. The van der Waals surface area contributed by atoms with Gasteiger partial charge in [-0.3, -0.25) is 4.79 Å². The van der Waals surface area contributed by atoms with E-state index in [0.717, 1.165) is 12.2 Å². The molecular weight excluding hydrogens is 218 g/mol. The molecular formula is C12H21N3O2. The van der Waals surface area contributed by atoms with Gasteiger partial charge in [-0.25, -0.2) is 4.98 Å². The molecule has 5 heteroatoms. The number of hydrogen-bond donors (Lipinski definition) is 3. The van der Waals surface area contributed by atoms with Crippen LogP contribution < -0.4 is 5.32 Å². The van der Waals surface area contributed by atoms with E-state index in [1.165, 1.54) is 0 Å². The summed E-state index contributed by atoms with van der Waals surface area (Å²) in [5.74, 6) is 0.925. The molecule has 0 saturated heterocycles. The van der Waals surface area contributed by atoms with E-state index in [2.05, 4.69) is 15.3 Å². The highest BCUT2D eigenvalue weighted by atomic mass is 16.3. The van der Waals surface area contributed by atoms with E-state index in [-0.39, 0.29) is 17.9 Å². The molecule has 2 atom stereocenters. The molecule has 96 valence electrons. The number of imidazole rings is 1. The Morgan fingerprint density at radius 3 is 2.82 bits per heavy atom. The van der Waals surface area contributed by atoms with Crippen LogP contribution in [-0.2, 0) is 6.42 Å². The molecule has 2 unspecified atom stereocenters. The third-order valence-corrected chi connectivity index (χ3v) is 2.56. The Bertz CT molecular complexity index is 360.